The molecule has 92 valence electrons. The third-order valence-electron chi connectivity index (χ3n) is 2.29. The van der Waals surface area contributed by atoms with Crippen LogP contribution in [-0.4, -0.2) is 28.0 Å². The lowest BCUT2D eigenvalue weighted by molar-refractivity contribution is 0.135. The molecule has 1 rings (SSSR count). The summed E-state index contributed by atoms with van der Waals surface area (Å²) < 4.78 is 7.64. The fraction of sp³-hybridized carbons (Fsp3) is 0.818. The summed E-state index contributed by atoms with van der Waals surface area (Å²) in [4.78, 5) is 0. The molecule has 0 saturated heterocycles. The van der Waals surface area contributed by atoms with Crippen LogP contribution >= 0.6 is 15.9 Å². The number of hydrogen-bond donors (Lipinski definition) is 0. The van der Waals surface area contributed by atoms with Crippen molar-refractivity contribution in [2.24, 2.45) is 0 Å². The van der Waals surface area contributed by atoms with Gasteiger partial charge in [-0.15, -0.1) is 10.2 Å². The van der Waals surface area contributed by atoms with Crippen LogP contribution in [0.15, 0.2) is 0 Å². The summed E-state index contributed by atoms with van der Waals surface area (Å²) in [5, 5.41) is 9.12. The van der Waals surface area contributed by atoms with Gasteiger partial charge >= 0.3 is 0 Å². The highest BCUT2D eigenvalue weighted by Gasteiger charge is 2.13. The third kappa shape index (κ3) is 3.56. The first kappa shape index (κ1) is 13.6. The Morgan fingerprint density at radius 3 is 2.50 bits per heavy atom. The van der Waals surface area contributed by atoms with Gasteiger partial charge in [0.1, 0.15) is 11.6 Å². The second-order valence-electron chi connectivity index (χ2n) is 3.99. The summed E-state index contributed by atoms with van der Waals surface area (Å²) in [6.07, 6.45) is 1.89. The molecule has 1 heterocycles. The van der Waals surface area contributed by atoms with Crippen molar-refractivity contribution in [1.29, 1.82) is 0 Å². The predicted molar refractivity (Wildman–Crippen MR) is 67.9 cm³/mol. The molecule has 0 unspecified atom stereocenters. The van der Waals surface area contributed by atoms with E-state index in [-0.39, 0.29) is 0 Å². The van der Waals surface area contributed by atoms with Gasteiger partial charge in [-0.25, -0.2) is 0 Å². The number of hydrogen-bond acceptors (Lipinski definition) is 3. The maximum absolute atomic E-state index is 5.47. The van der Waals surface area contributed by atoms with E-state index in [0.29, 0.717) is 6.04 Å². The van der Waals surface area contributed by atoms with Crippen molar-refractivity contribution >= 4 is 15.9 Å². The highest BCUT2D eigenvalue weighted by molar-refractivity contribution is 9.08. The molecule has 0 fully saturated rings. The summed E-state index contributed by atoms with van der Waals surface area (Å²) in [7, 11) is 0. The minimum atomic E-state index is 0.392. The number of nitrogens with zero attached hydrogens (tertiary/aromatic N) is 3. The van der Waals surface area contributed by atoms with Gasteiger partial charge in [-0.05, 0) is 20.3 Å². The van der Waals surface area contributed by atoms with Gasteiger partial charge in [-0.1, -0.05) is 22.9 Å². The minimum absolute atomic E-state index is 0.392. The molecule has 16 heavy (non-hydrogen) atoms. The van der Waals surface area contributed by atoms with E-state index in [1.807, 2.05) is 0 Å². The van der Waals surface area contributed by atoms with Crippen molar-refractivity contribution < 1.29 is 4.74 Å². The molecule has 0 N–H and O–H groups in total. The van der Waals surface area contributed by atoms with Crippen LogP contribution in [0.4, 0.5) is 0 Å². The van der Waals surface area contributed by atoms with Gasteiger partial charge < -0.3 is 9.30 Å². The maximum Gasteiger partial charge on any atom is 0.143 e. The fourth-order valence-electron chi connectivity index (χ4n) is 1.63. The topological polar surface area (TPSA) is 39.9 Å². The molecule has 0 aromatic carbocycles. The lowest BCUT2D eigenvalue weighted by atomic mass is 10.3. The zero-order valence-electron chi connectivity index (χ0n) is 10.2. The van der Waals surface area contributed by atoms with E-state index in [2.05, 4.69) is 51.5 Å². The zero-order chi connectivity index (χ0) is 12.0. The number of rotatable bonds is 7. The van der Waals surface area contributed by atoms with Gasteiger partial charge in [-0.3, -0.25) is 0 Å². The molecule has 4 nitrogen and oxygen atoms in total. The van der Waals surface area contributed by atoms with Crippen LogP contribution in [-0.2, 0) is 16.5 Å². The van der Waals surface area contributed by atoms with Crippen molar-refractivity contribution in [1.82, 2.24) is 14.8 Å². The molecule has 0 aliphatic heterocycles. The van der Waals surface area contributed by atoms with Crippen LogP contribution in [0.1, 0.15) is 44.9 Å². The van der Waals surface area contributed by atoms with Gasteiger partial charge in [0.15, 0.2) is 0 Å². The zero-order valence-corrected chi connectivity index (χ0v) is 11.8. The Morgan fingerprint density at radius 2 is 1.94 bits per heavy atom. The summed E-state index contributed by atoms with van der Waals surface area (Å²) >= 11 is 3.43. The Kier molecular flexibility index (Phi) is 5.98. The number of halogens is 1. The first-order valence-electron chi connectivity index (χ1n) is 5.77. The summed E-state index contributed by atoms with van der Waals surface area (Å²) in [5.74, 6) is 2.00. The molecule has 0 radical (unpaired) electrons. The van der Waals surface area contributed by atoms with Crippen LogP contribution < -0.4 is 0 Å². The van der Waals surface area contributed by atoms with E-state index in [0.717, 1.165) is 43.0 Å². The van der Waals surface area contributed by atoms with Crippen LogP contribution in [0.2, 0.25) is 0 Å². The predicted octanol–water partition coefficient (Wildman–Crippen LogP) is 2.72. The van der Waals surface area contributed by atoms with Crippen LogP contribution in [0, 0.1) is 0 Å². The normalized spacial score (nSPS) is 11.3. The Labute approximate surface area is 106 Å². The average molecular weight is 290 g/mol. The molecule has 5 heteroatoms. The largest absolute Gasteiger partial charge is 0.381 e. The van der Waals surface area contributed by atoms with Gasteiger partial charge in [0.2, 0.25) is 0 Å². The van der Waals surface area contributed by atoms with E-state index >= 15 is 0 Å². The fourth-order valence-corrected chi connectivity index (χ4v) is 2.01. The van der Waals surface area contributed by atoms with Gasteiger partial charge in [0, 0.05) is 19.1 Å². The van der Waals surface area contributed by atoms with E-state index in [1.165, 1.54) is 0 Å². The molecular weight excluding hydrogens is 270 g/mol. The number of alkyl halides is 1. The molecule has 1 aromatic rings. The molecule has 0 amide bonds. The Bertz CT molecular complexity index is 312. The first-order chi connectivity index (χ1) is 7.70. The van der Waals surface area contributed by atoms with E-state index in [9.17, 15) is 0 Å². The Balaban J connectivity index is 2.61. The van der Waals surface area contributed by atoms with E-state index < -0.39 is 0 Å². The van der Waals surface area contributed by atoms with Crippen molar-refractivity contribution in [2.75, 3.05) is 13.2 Å². The average Bonchev–Trinajstić information content (AvgIpc) is 2.67. The van der Waals surface area contributed by atoms with Crippen LogP contribution in [0.5, 0.6) is 0 Å². The summed E-state index contributed by atoms with van der Waals surface area (Å²) in [6, 6.07) is 0.392. The highest BCUT2D eigenvalue weighted by Crippen LogP contribution is 2.14. The Morgan fingerprint density at radius 1 is 1.25 bits per heavy atom. The first-order valence-corrected chi connectivity index (χ1v) is 6.89. The van der Waals surface area contributed by atoms with Gasteiger partial charge in [0.05, 0.1) is 11.9 Å². The third-order valence-corrected chi connectivity index (χ3v) is 2.79. The quantitative estimate of drug-likeness (QED) is 0.572. The molecule has 0 atom stereocenters. The SMILES string of the molecule is CCCOCCc1nnc(CBr)n1C(C)C. The standard InChI is InChI=1S/C11H20BrN3O/c1-4-6-16-7-5-10-13-14-11(8-12)15(10)9(2)3/h9H,4-8H2,1-3H3. The molecule has 0 aliphatic carbocycles. The van der Waals surface area contributed by atoms with Crippen molar-refractivity contribution in [3.05, 3.63) is 11.6 Å². The van der Waals surface area contributed by atoms with E-state index in [4.69, 9.17) is 4.74 Å². The smallest absolute Gasteiger partial charge is 0.143 e. The van der Waals surface area contributed by atoms with Crippen molar-refractivity contribution in [3.8, 4) is 0 Å². The summed E-state index contributed by atoms with van der Waals surface area (Å²) in [5.41, 5.74) is 0. The Hall–Kier alpha value is -0.420. The monoisotopic (exact) mass is 289 g/mol. The highest BCUT2D eigenvalue weighted by atomic mass is 79.9. The van der Waals surface area contributed by atoms with Crippen LogP contribution in [0.25, 0.3) is 0 Å². The maximum atomic E-state index is 5.47. The van der Waals surface area contributed by atoms with Crippen molar-refractivity contribution in [2.45, 2.75) is 45.0 Å². The molecule has 0 bridgehead atoms. The van der Waals surface area contributed by atoms with Gasteiger partial charge in [-0.2, -0.15) is 0 Å². The second kappa shape index (κ2) is 7.01. The van der Waals surface area contributed by atoms with E-state index in [1.54, 1.807) is 0 Å². The lowest BCUT2D eigenvalue weighted by Gasteiger charge is -2.12. The second-order valence-corrected chi connectivity index (χ2v) is 4.55. The number of aromatic nitrogens is 3. The lowest BCUT2D eigenvalue weighted by Crippen LogP contribution is -2.11. The molecule has 1 aromatic heterocycles. The summed E-state index contributed by atoms with van der Waals surface area (Å²) in [6.45, 7) is 7.94. The molecule has 0 spiro atoms. The molecule has 0 saturated carbocycles. The van der Waals surface area contributed by atoms with Crippen molar-refractivity contribution in [3.63, 3.8) is 0 Å². The van der Waals surface area contributed by atoms with Gasteiger partial charge in [0.25, 0.3) is 0 Å². The molecular formula is C11H20BrN3O. The van der Waals surface area contributed by atoms with Crippen LogP contribution in [0.3, 0.4) is 0 Å². The minimum Gasteiger partial charge on any atom is -0.381 e. The number of ether oxygens (including phenoxy) is 1. The molecule has 0 aliphatic rings.